The van der Waals surface area contributed by atoms with Gasteiger partial charge in [0.1, 0.15) is 17.8 Å². The van der Waals surface area contributed by atoms with Gasteiger partial charge in [-0.05, 0) is 77.6 Å². The number of likely N-dealkylation sites (tertiary alicyclic amines) is 2. The Kier molecular flexibility index (Phi) is 10.7. The molecule has 14 heteroatoms. The van der Waals surface area contributed by atoms with Crippen LogP contribution >= 0.6 is 0 Å². The number of hydrogen-bond donors (Lipinski definition) is 5. The van der Waals surface area contributed by atoms with Crippen molar-refractivity contribution >= 4 is 29.0 Å². The number of pyridine rings is 1. The number of nitrogens with one attached hydrogen (secondary N) is 2. The third kappa shape index (κ3) is 7.97. The molecule has 7 N–H and O–H groups in total. The van der Waals surface area contributed by atoms with Crippen molar-refractivity contribution in [2.45, 2.75) is 89.5 Å². The summed E-state index contributed by atoms with van der Waals surface area (Å²) in [6, 6.07) is 12.9. The molecule has 3 aromatic rings. The minimum Gasteiger partial charge on any atom is -0.513 e. The minimum atomic E-state index is -0.240. The highest BCUT2D eigenvalue weighted by molar-refractivity contribution is 6.02. The Hall–Kier alpha value is -5.21. The van der Waals surface area contributed by atoms with Gasteiger partial charge in [0.15, 0.2) is 0 Å². The monoisotopic (exact) mass is 749 g/mol. The predicted molar refractivity (Wildman–Crippen MR) is 215 cm³/mol. The maximum absolute atomic E-state index is 13.1. The number of hydrogen-bond acceptors (Lipinski definition) is 10. The summed E-state index contributed by atoms with van der Waals surface area (Å²) in [7, 11) is 4.09. The van der Waals surface area contributed by atoms with E-state index in [4.69, 9.17) is 21.5 Å². The fraction of sp³-hybridized carbons (Fsp3) is 0.488. The lowest BCUT2D eigenvalue weighted by Crippen LogP contribution is -2.58. The number of aliphatic hydroxyl groups excluding tert-OH is 1. The molecular formula is C41H55N11O3. The number of carbonyl (C=O) groups excluding carboxylic acids is 2. The average molecular weight is 750 g/mol. The Morgan fingerprint density at radius 1 is 1.07 bits per heavy atom. The van der Waals surface area contributed by atoms with Crippen LogP contribution in [0.25, 0.3) is 11.1 Å². The van der Waals surface area contributed by atoms with Gasteiger partial charge in [0.05, 0.1) is 52.4 Å². The van der Waals surface area contributed by atoms with Crippen molar-refractivity contribution in [3.8, 4) is 11.1 Å². The number of carbonyl (C=O) groups is 2. The third-order valence-electron chi connectivity index (χ3n) is 11.5. The standard InChI is InChI=1S/C37H46N10O3.C4H9N/c1-5-31-34-26(17-40-47(34)24-19-45(20-24)18-23-8-6-11-29(41-23)36(50)46-15-14-37(46,2)3)25-9-7-10-28(33(25)44(31)4)42-30(27(38)21-48)16-32(39)43-35(49)22-12-13-22;1-5-4-2-3-4/h6-11,16-17,21-22,24,31,42,48H,5,12-15,18-20,38H2,1-4H3,(H2,39,43,49);4-5H,2-3H2,1H3/b27-21+,30-16+;. The molecule has 2 amide bonds. The van der Waals surface area contributed by atoms with Crippen LogP contribution in [0.5, 0.6) is 0 Å². The number of anilines is 2. The smallest absolute Gasteiger partial charge is 0.272 e. The maximum Gasteiger partial charge on any atom is 0.272 e. The molecule has 2 aromatic heterocycles. The van der Waals surface area contributed by atoms with Crippen LogP contribution in [-0.4, -0.2) is 92.6 Å². The van der Waals surface area contributed by atoms with Gasteiger partial charge in [-0.15, -0.1) is 0 Å². The van der Waals surface area contributed by atoms with E-state index in [2.05, 4.69) is 64.0 Å². The van der Waals surface area contributed by atoms with E-state index in [1.807, 2.05) is 48.5 Å². The van der Waals surface area contributed by atoms with Crippen molar-refractivity contribution in [1.82, 2.24) is 29.9 Å². The third-order valence-corrected chi connectivity index (χ3v) is 11.5. The number of amides is 2. The van der Waals surface area contributed by atoms with E-state index < -0.39 is 0 Å². The van der Waals surface area contributed by atoms with Crippen molar-refractivity contribution in [3.05, 3.63) is 83.4 Å². The van der Waals surface area contributed by atoms with Crippen LogP contribution in [0.2, 0.25) is 0 Å². The van der Waals surface area contributed by atoms with E-state index in [1.165, 1.54) is 24.6 Å². The molecule has 5 heterocycles. The number of aromatic nitrogens is 3. The van der Waals surface area contributed by atoms with Gasteiger partial charge < -0.3 is 37.0 Å². The topological polar surface area (TPSA) is 183 Å². The summed E-state index contributed by atoms with van der Waals surface area (Å²) in [6.07, 6.45) is 10.5. The van der Waals surface area contributed by atoms with Gasteiger partial charge >= 0.3 is 0 Å². The molecule has 0 bridgehead atoms. The second-order valence-corrected chi connectivity index (χ2v) is 16.0. The second-order valence-electron chi connectivity index (χ2n) is 16.0. The van der Waals surface area contributed by atoms with E-state index in [9.17, 15) is 14.7 Å². The summed E-state index contributed by atoms with van der Waals surface area (Å²) in [5, 5.41) is 21.2. The van der Waals surface area contributed by atoms with Crippen LogP contribution in [0.3, 0.4) is 0 Å². The van der Waals surface area contributed by atoms with E-state index in [1.54, 1.807) is 0 Å². The van der Waals surface area contributed by atoms with Crippen molar-refractivity contribution in [3.63, 3.8) is 0 Å². The summed E-state index contributed by atoms with van der Waals surface area (Å²) in [6.45, 7) is 9.46. The quantitative estimate of drug-likeness (QED) is 0.0783. The Morgan fingerprint density at radius 2 is 1.82 bits per heavy atom. The Balaban J connectivity index is 0.000000862. The lowest BCUT2D eigenvalue weighted by Gasteiger charge is -2.48. The molecule has 1 unspecified atom stereocenters. The number of para-hydroxylation sites is 1. The highest BCUT2D eigenvalue weighted by Gasteiger charge is 2.41. The summed E-state index contributed by atoms with van der Waals surface area (Å²) in [4.78, 5) is 40.6. The fourth-order valence-electron chi connectivity index (χ4n) is 7.69. The molecule has 2 saturated carbocycles. The Bertz CT molecular complexity index is 2020. The van der Waals surface area contributed by atoms with Crippen molar-refractivity contribution in [2.24, 2.45) is 22.4 Å². The van der Waals surface area contributed by atoms with Gasteiger partial charge in [0.2, 0.25) is 0 Å². The second kappa shape index (κ2) is 15.5. The maximum atomic E-state index is 13.1. The van der Waals surface area contributed by atoms with E-state index in [0.717, 1.165) is 85.8 Å². The van der Waals surface area contributed by atoms with Crippen LogP contribution in [0.4, 0.5) is 11.4 Å². The Labute approximate surface area is 323 Å². The number of aliphatic hydroxyl groups is 1. The van der Waals surface area contributed by atoms with Crippen LogP contribution < -0.4 is 27.0 Å². The fourth-order valence-corrected chi connectivity index (χ4v) is 7.69. The van der Waals surface area contributed by atoms with Crippen LogP contribution in [0.15, 0.2) is 71.3 Å². The normalized spacial score (nSPS) is 21.1. The molecule has 0 radical (unpaired) electrons. The van der Waals surface area contributed by atoms with E-state index in [-0.39, 0.29) is 46.9 Å². The zero-order valence-corrected chi connectivity index (χ0v) is 32.6. The van der Waals surface area contributed by atoms with Gasteiger partial charge in [-0.25, -0.2) is 4.98 Å². The molecule has 5 aliphatic rings. The van der Waals surface area contributed by atoms with E-state index >= 15 is 0 Å². The van der Waals surface area contributed by atoms with Crippen LogP contribution in [0, 0.1) is 5.92 Å². The average Bonchev–Trinajstić information content (AvgIpc) is 4.10. The summed E-state index contributed by atoms with van der Waals surface area (Å²) < 4.78 is 2.19. The molecular weight excluding hydrogens is 695 g/mol. The molecule has 2 aliphatic carbocycles. The lowest BCUT2D eigenvalue weighted by molar-refractivity contribution is -0.118. The van der Waals surface area contributed by atoms with Gasteiger partial charge in [-0.2, -0.15) is 10.1 Å². The van der Waals surface area contributed by atoms with Crippen LogP contribution in [-0.2, 0) is 11.3 Å². The Morgan fingerprint density at radius 3 is 2.42 bits per heavy atom. The number of benzene rings is 1. The number of nitrogens with zero attached hydrogens (tertiary/aromatic N) is 7. The first-order valence-electron chi connectivity index (χ1n) is 19.5. The summed E-state index contributed by atoms with van der Waals surface area (Å²) >= 11 is 0. The first-order valence-corrected chi connectivity index (χ1v) is 19.5. The van der Waals surface area contributed by atoms with Gasteiger partial charge in [-0.1, -0.05) is 25.1 Å². The molecule has 3 aliphatic heterocycles. The first-order chi connectivity index (χ1) is 26.4. The molecule has 0 spiro atoms. The first kappa shape index (κ1) is 38.1. The molecule has 4 fully saturated rings. The molecule has 55 heavy (non-hydrogen) atoms. The van der Waals surface area contributed by atoms with Crippen LogP contribution in [0.1, 0.15) is 93.3 Å². The number of fused-ring (bicyclic) bond motifs is 3. The lowest BCUT2D eigenvalue weighted by atomic mass is 9.88. The SMILES string of the molecule is CCC1c2c(cnn2C2CN(Cc3cccc(C(=O)N4CCC4(C)C)n3)C2)-c2cccc(NC(=C/C(N)=NC(=O)C3CC3)/C(N)=C\O)c2N1C.CNC1CC1. The van der Waals surface area contributed by atoms with Gasteiger partial charge in [-0.3, -0.25) is 19.2 Å². The zero-order chi connectivity index (χ0) is 39.0. The van der Waals surface area contributed by atoms with Gasteiger partial charge in [0.25, 0.3) is 11.8 Å². The molecule has 1 atom stereocenters. The van der Waals surface area contributed by atoms with Gasteiger partial charge in [0, 0.05) is 67.9 Å². The molecule has 2 saturated heterocycles. The summed E-state index contributed by atoms with van der Waals surface area (Å²) in [5.74, 6) is -0.281. The van der Waals surface area contributed by atoms with Crippen molar-refractivity contribution in [2.75, 3.05) is 43.9 Å². The molecule has 14 nitrogen and oxygen atoms in total. The zero-order valence-electron chi connectivity index (χ0n) is 32.6. The molecule has 292 valence electrons. The summed E-state index contributed by atoms with van der Waals surface area (Å²) in [5.41, 5.74) is 18.9. The number of nitrogens with two attached hydrogens (primary N) is 2. The molecule has 8 rings (SSSR count). The highest BCUT2D eigenvalue weighted by atomic mass is 16.2. The molecule has 1 aromatic carbocycles. The van der Waals surface area contributed by atoms with Crippen molar-refractivity contribution < 1.29 is 14.7 Å². The number of amidine groups is 1. The highest BCUT2D eigenvalue weighted by Crippen LogP contribution is 2.49. The number of rotatable bonds is 11. The van der Waals surface area contributed by atoms with Crippen molar-refractivity contribution in [1.29, 1.82) is 0 Å². The minimum absolute atomic E-state index is 0.0000287. The predicted octanol–water partition coefficient (Wildman–Crippen LogP) is 4.84. The largest absolute Gasteiger partial charge is 0.513 e. The van der Waals surface area contributed by atoms with E-state index in [0.29, 0.717) is 17.9 Å². The number of aliphatic imine (C=N–C) groups is 1.